The van der Waals surface area contributed by atoms with Gasteiger partial charge in [-0.05, 0) is 49.2 Å². The number of hydrogen-bond donors (Lipinski definition) is 1. The van der Waals surface area contributed by atoms with Crippen LogP contribution in [-0.2, 0) is 4.79 Å². The maximum absolute atomic E-state index is 12.9. The average molecular weight is 347 g/mol. The SMILES string of the molecule is CNCC(C)C(=O)N(C1CC1)C(C)c1ccc2ccccc2c1.Cl. The minimum Gasteiger partial charge on any atom is -0.333 e. The first-order valence-electron chi connectivity index (χ1n) is 8.57. The van der Waals surface area contributed by atoms with Crippen LogP contribution in [0.25, 0.3) is 10.8 Å². The molecule has 4 heteroatoms. The van der Waals surface area contributed by atoms with Gasteiger partial charge in [0.05, 0.1) is 6.04 Å². The molecule has 2 aromatic carbocycles. The maximum atomic E-state index is 12.9. The third-order valence-electron chi connectivity index (χ3n) is 4.80. The highest BCUT2D eigenvalue weighted by atomic mass is 35.5. The number of carbonyl (C=O) groups excluding carboxylic acids is 1. The summed E-state index contributed by atoms with van der Waals surface area (Å²) < 4.78 is 0. The summed E-state index contributed by atoms with van der Waals surface area (Å²) >= 11 is 0. The van der Waals surface area contributed by atoms with E-state index in [9.17, 15) is 4.79 Å². The first-order valence-corrected chi connectivity index (χ1v) is 8.57. The molecule has 0 aromatic heterocycles. The summed E-state index contributed by atoms with van der Waals surface area (Å²) in [4.78, 5) is 15.0. The molecule has 3 rings (SSSR count). The quantitative estimate of drug-likeness (QED) is 0.851. The van der Waals surface area contributed by atoms with Crippen molar-refractivity contribution >= 4 is 29.1 Å². The van der Waals surface area contributed by atoms with E-state index >= 15 is 0 Å². The van der Waals surface area contributed by atoms with Gasteiger partial charge in [0, 0.05) is 18.5 Å². The van der Waals surface area contributed by atoms with Gasteiger partial charge in [0.2, 0.25) is 5.91 Å². The van der Waals surface area contributed by atoms with E-state index in [1.807, 2.05) is 14.0 Å². The van der Waals surface area contributed by atoms with Crippen LogP contribution in [0.1, 0.15) is 38.3 Å². The number of fused-ring (bicyclic) bond motifs is 1. The van der Waals surface area contributed by atoms with Crippen LogP contribution in [0.4, 0.5) is 0 Å². The highest BCUT2D eigenvalue weighted by molar-refractivity contribution is 5.85. The van der Waals surface area contributed by atoms with Crippen molar-refractivity contribution in [2.75, 3.05) is 13.6 Å². The lowest BCUT2D eigenvalue weighted by Crippen LogP contribution is -2.41. The van der Waals surface area contributed by atoms with Crippen LogP contribution < -0.4 is 5.32 Å². The monoisotopic (exact) mass is 346 g/mol. The van der Waals surface area contributed by atoms with Gasteiger partial charge in [0.25, 0.3) is 0 Å². The molecule has 130 valence electrons. The van der Waals surface area contributed by atoms with Crippen molar-refractivity contribution in [1.82, 2.24) is 10.2 Å². The third kappa shape index (κ3) is 3.90. The van der Waals surface area contributed by atoms with Crippen molar-refractivity contribution < 1.29 is 4.79 Å². The fraction of sp³-hybridized carbons (Fsp3) is 0.450. The number of amides is 1. The zero-order chi connectivity index (χ0) is 16.4. The third-order valence-corrected chi connectivity index (χ3v) is 4.80. The Morgan fingerprint density at radius 1 is 1.17 bits per heavy atom. The standard InChI is InChI=1S/C20H26N2O.ClH/c1-14(13-21-3)20(23)22(19-10-11-19)15(2)17-9-8-16-6-4-5-7-18(16)12-17;/h4-9,12,14-15,19,21H,10-11,13H2,1-3H3;1H. The first kappa shape index (κ1) is 18.8. The molecule has 2 aromatic rings. The topological polar surface area (TPSA) is 32.3 Å². The van der Waals surface area contributed by atoms with Crippen LogP contribution in [0.5, 0.6) is 0 Å². The number of rotatable bonds is 6. The van der Waals surface area contributed by atoms with Gasteiger partial charge in [-0.15, -0.1) is 12.4 Å². The molecule has 2 unspecified atom stereocenters. The predicted molar refractivity (Wildman–Crippen MR) is 103 cm³/mol. The van der Waals surface area contributed by atoms with Crippen LogP contribution in [0.3, 0.4) is 0 Å². The normalized spacial score (nSPS) is 16.3. The summed E-state index contributed by atoms with van der Waals surface area (Å²) in [6.45, 7) is 4.90. The van der Waals surface area contributed by atoms with Gasteiger partial charge in [-0.25, -0.2) is 0 Å². The van der Waals surface area contributed by atoms with E-state index in [1.165, 1.54) is 16.3 Å². The molecule has 1 amide bonds. The number of carbonyl (C=O) groups is 1. The molecule has 1 saturated carbocycles. The maximum Gasteiger partial charge on any atom is 0.227 e. The summed E-state index contributed by atoms with van der Waals surface area (Å²) in [6, 6.07) is 15.5. The van der Waals surface area contributed by atoms with Crippen molar-refractivity contribution in [3.05, 3.63) is 48.0 Å². The largest absolute Gasteiger partial charge is 0.333 e. The smallest absolute Gasteiger partial charge is 0.227 e. The van der Waals surface area contributed by atoms with Gasteiger partial charge in [-0.2, -0.15) is 0 Å². The van der Waals surface area contributed by atoms with Crippen molar-refractivity contribution in [3.8, 4) is 0 Å². The second-order valence-corrected chi connectivity index (χ2v) is 6.72. The lowest BCUT2D eigenvalue weighted by molar-refractivity contribution is -0.137. The first-order chi connectivity index (χ1) is 11.1. The van der Waals surface area contributed by atoms with Gasteiger partial charge in [-0.3, -0.25) is 4.79 Å². The molecule has 2 atom stereocenters. The number of nitrogens with one attached hydrogen (secondary N) is 1. The molecule has 0 spiro atoms. The lowest BCUT2D eigenvalue weighted by Gasteiger charge is -2.32. The van der Waals surface area contributed by atoms with Crippen molar-refractivity contribution in [3.63, 3.8) is 0 Å². The molecule has 1 aliphatic carbocycles. The molecule has 1 fully saturated rings. The van der Waals surface area contributed by atoms with E-state index < -0.39 is 0 Å². The Morgan fingerprint density at radius 2 is 1.83 bits per heavy atom. The van der Waals surface area contributed by atoms with Crippen LogP contribution in [-0.4, -0.2) is 30.4 Å². The Hall–Kier alpha value is -1.58. The van der Waals surface area contributed by atoms with Crippen LogP contribution in [0.2, 0.25) is 0 Å². The van der Waals surface area contributed by atoms with E-state index in [-0.39, 0.29) is 30.3 Å². The zero-order valence-electron chi connectivity index (χ0n) is 14.7. The van der Waals surface area contributed by atoms with E-state index in [0.717, 1.165) is 19.4 Å². The molecule has 0 saturated heterocycles. The van der Waals surface area contributed by atoms with Gasteiger partial charge < -0.3 is 10.2 Å². The van der Waals surface area contributed by atoms with Crippen LogP contribution in [0, 0.1) is 5.92 Å². The van der Waals surface area contributed by atoms with Crippen LogP contribution >= 0.6 is 12.4 Å². The fourth-order valence-corrected chi connectivity index (χ4v) is 3.32. The van der Waals surface area contributed by atoms with Crippen molar-refractivity contribution in [2.45, 2.75) is 38.8 Å². The number of nitrogens with zero attached hydrogens (tertiary/aromatic N) is 1. The predicted octanol–water partition coefficient (Wildman–Crippen LogP) is 4.17. The molecule has 0 heterocycles. The molecule has 3 nitrogen and oxygen atoms in total. The van der Waals surface area contributed by atoms with Gasteiger partial charge >= 0.3 is 0 Å². The van der Waals surface area contributed by atoms with E-state index in [2.05, 4.69) is 59.6 Å². The van der Waals surface area contributed by atoms with Gasteiger partial charge in [0.1, 0.15) is 0 Å². The lowest BCUT2D eigenvalue weighted by atomic mass is 10.00. The molecule has 0 aliphatic heterocycles. The summed E-state index contributed by atoms with van der Waals surface area (Å²) in [5.74, 6) is 0.283. The Balaban J connectivity index is 0.00000208. The minimum absolute atomic E-state index is 0. The Bertz CT molecular complexity index is 699. The van der Waals surface area contributed by atoms with Gasteiger partial charge in [0.15, 0.2) is 0 Å². The average Bonchev–Trinajstić information content (AvgIpc) is 3.39. The summed E-state index contributed by atoms with van der Waals surface area (Å²) in [6.07, 6.45) is 2.27. The zero-order valence-corrected chi connectivity index (χ0v) is 15.5. The molecule has 24 heavy (non-hydrogen) atoms. The molecule has 0 bridgehead atoms. The highest BCUT2D eigenvalue weighted by Gasteiger charge is 2.37. The molecule has 0 radical (unpaired) electrons. The van der Waals surface area contributed by atoms with Crippen molar-refractivity contribution in [2.24, 2.45) is 5.92 Å². The minimum atomic E-state index is 0. The summed E-state index contributed by atoms with van der Waals surface area (Å²) in [5.41, 5.74) is 1.22. The number of benzene rings is 2. The summed E-state index contributed by atoms with van der Waals surface area (Å²) in [5, 5.41) is 5.60. The Morgan fingerprint density at radius 3 is 2.46 bits per heavy atom. The van der Waals surface area contributed by atoms with E-state index in [1.54, 1.807) is 0 Å². The second kappa shape index (κ2) is 8.00. The number of hydrogen-bond acceptors (Lipinski definition) is 2. The molecular weight excluding hydrogens is 320 g/mol. The Labute approximate surface area is 150 Å². The Kier molecular flexibility index (Phi) is 6.25. The molecule has 1 aliphatic rings. The number of halogens is 1. The molecule has 1 N–H and O–H groups in total. The summed E-state index contributed by atoms with van der Waals surface area (Å²) in [7, 11) is 1.90. The van der Waals surface area contributed by atoms with E-state index in [4.69, 9.17) is 0 Å². The highest BCUT2D eigenvalue weighted by Crippen LogP contribution is 2.36. The van der Waals surface area contributed by atoms with Crippen molar-refractivity contribution in [1.29, 1.82) is 0 Å². The van der Waals surface area contributed by atoms with Crippen LogP contribution in [0.15, 0.2) is 42.5 Å². The second-order valence-electron chi connectivity index (χ2n) is 6.72. The van der Waals surface area contributed by atoms with Gasteiger partial charge in [-0.1, -0.05) is 43.3 Å². The van der Waals surface area contributed by atoms with E-state index in [0.29, 0.717) is 6.04 Å². The fourth-order valence-electron chi connectivity index (χ4n) is 3.32. The molecular formula is C20H27ClN2O.